The number of hydrogen-bond donors (Lipinski definition) is 2. The van der Waals surface area contributed by atoms with E-state index in [4.69, 9.17) is 5.73 Å². The number of hydrogen-bond acceptors (Lipinski definition) is 2. The molecule has 2 atom stereocenters. The summed E-state index contributed by atoms with van der Waals surface area (Å²) in [6.45, 7) is 8.28. The third kappa shape index (κ3) is 2.47. The Kier molecular flexibility index (Phi) is 3.53. The van der Waals surface area contributed by atoms with E-state index in [-0.39, 0.29) is 17.2 Å². The Morgan fingerprint density at radius 2 is 2.29 bits per heavy atom. The minimum atomic E-state index is -0.152. The van der Waals surface area contributed by atoms with Gasteiger partial charge in [0.05, 0.1) is 5.92 Å². The minimum Gasteiger partial charge on any atom is -0.369 e. The Morgan fingerprint density at radius 1 is 1.64 bits per heavy atom. The van der Waals surface area contributed by atoms with Crippen molar-refractivity contribution < 1.29 is 4.79 Å². The first kappa shape index (κ1) is 11.5. The molecule has 3 nitrogen and oxygen atoms in total. The monoisotopic (exact) mass is 198 g/mol. The van der Waals surface area contributed by atoms with Crippen molar-refractivity contribution in [2.75, 3.05) is 13.1 Å². The molecule has 1 saturated heterocycles. The summed E-state index contributed by atoms with van der Waals surface area (Å²) in [7, 11) is 0. The van der Waals surface area contributed by atoms with Crippen molar-refractivity contribution in [2.45, 2.75) is 33.6 Å². The van der Waals surface area contributed by atoms with Crippen molar-refractivity contribution in [1.29, 1.82) is 0 Å². The molecule has 0 saturated carbocycles. The Balaban J connectivity index is 2.57. The van der Waals surface area contributed by atoms with Gasteiger partial charge in [-0.25, -0.2) is 0 Å². The van der Waals surface area contributed by atoms with Crippen molar-refractivity contribution in [1.82, 2.24) is 5.32 Å². The van der Waals surface area contributed by atoms with Gasteiger partial charge in [0.25, 0.3) is 0 Å². The molecular formula is C11H22N2O. The molecule has 1 aliphatic rings. The minimum absolute atomic E-state index is 0.0150. The molecule has 1 rings (SSSR count). The molecule has 1 amide bonds. The molecular weight excluding hydrogens is 176 g/mol. The van der Waals surface area contributed by atoms with Crippen LogP contribution in [0.2, 0.25) is 0 Å². The van der Waals surface area contributed by atoms with Gasteiger partial charge < -0.3 is 11.1 Å². The fourth-order valence-corrected chi connectivity index (χ4v) is 2.20. The number of amides is 1. The highest BCUT2D eigenvalue weighted by Crippen LogP contribution is 2.36. The molecule has 1 aliphatic heterocycles. The zero-order valence-electron chi connectivity index (χ0n) is 9.47. The Hall–Kier alpha value is -0.570. The van der Waals surface area contributed by atoms with E-state index in [1.165, 1.54) is 6.42 Å². The summed E-state index contributed by atoms with van der Waals surface area (Å²) in [5, 5.41) is 3.27. The van der Waals surface area contributed by atoms with E-state index in [9.17, 15) is 4.79 Å². The van der Waals surface area contributed by atoms with E-state index in [0.717, 1.165) is 19.5 Å². The van der Waals surface area contributed by atoms with Crippen LogP contribution in [0.5, 0.6) is 0 Å². The Morgan fingerprint density at radius 3 is 2.79 bits per heavy atom. The molecule has 3 N–H and O–H groups in total. The summed E-state index contributed by atoms with van der Waals surface area (Å²) in [4.78, 5) is 11.2. The lowest BCUT2D eigenvalue weighted by molar-refractivity contribution is -0.124. The van der Waals surface area contributed by atoms with Crippen molar-refractivity contribution in [2.24, 2.45) is 23.0 Å². The van der Waals surface area contributed by atoms with E-state index in [1.807, 2.05) is 0 Å². The topological polar surface area (TPSA) is 55.1 Å². The second-order valence-corrected chi connectivity index (χ2v) is 5.17. The third-order valence-electron chi connectivity index (χ3n) is 3.35. The van der Waals surface area contributed by atoms with Gasteiger partial charge in [-0.1, -0.05) is 27.2 Å². The van der Waals surface area contributed by atoms with Gasteiger partial charge in [-0.05, 0) is 17.8 Å². The average Bonchev–Trinajstić information content (AvgIpc) is 2.45. The number of carbonyl (C=O) groups is 1. The van der Waals surface area contributed by atoms with Crippen LogP contribution in [-0.2, 0) is 4.79 Å². The van der Waals surface area contributed by atoms with E-state index < -0.39 is 0 Å². The molecule has 0 radical (unpaired) electrons. The second kappa shape index (κ2) is 4.30. The fourth-order valence-electron chi connectivity index (χ4n) is 2.20. The highest BCUT2D eigenvalue weighted by molar-refractivity contribution is 5.78. The maximum absolute atomic E-state index is 11.2. The normalized spacial score (nSPS) is 32.4. The van der Waals surface area contributed by atoms with Crippen molar-refractivity contribution in [3.05, 3.63) is 0 Å². The molecule has 3 heteroatoms. The highest BCUT2D eigenvalue weighted by atomic mass is 16.1. The summed E-state index contributed by atoms with van der Waals surface area (Å²) < 4.78 is 0. The molecule has 82 valence electrons. The van der Waals surface area contributed by atoms with Crippen LogP contribution < -0.4 is 11.1 Å². The van der Waals surface area contributed by atoms with E-state index >= 15 is 0 Å². The maximum Gasteiger partial charge on any atom is 0.222 e. The van der Waals surface area contributed by atoms with Gasteiger partial charge in [-0.2, -0.15) is 0 Å². The first-order chi connectivity index (χ1) is 6.46. The fraction of sp³-hybridized carbons (Fsp3) is 0.909. The molecule has 0 spiro atoms. The first-order valence-corrected chi connectivity index (χ1v) is 5.46. The Bertz CT molecular complexity index is 215. The number of nitrogens with two attached hydrogens (primary N) is 1. The molecule has 0 aromatic carbocycles. The van der Waals surface area contributed by atoms with Gasteiger partial charge in [0, 0.05) is 13.1 Å². The van der Waals surface area contributed by atoms with E-state index in [2.05, 4.69) is 26.1 Å². The lowest BCUT2D eigenvalue weighted by atomic mass is 9.75. The summed E-state index contributed by atoms with van der Waals surface area (Å²) in [6, 6.07) is 0. The lowest BCUT2D eigenvalue weighted by Gasteiger charge is -2.29. The molecule has 2 unspecified atom stereocenters. The standard InChI is InChI=1S/C11H22N2O/c1-8(2)4-5-11(3)7-13-6-9(11)10(12)14/h8-9,13H,4-7H2,1-3H3,(H2,12,14). The van der Waals surface area contributed by atoms with Gasteiger partial charge in [0.2, 0.25) is 5.91 Å². The highest BCUT2D eigenvalue weighted by Gasteiger charge is 2.41. The molecule has 0 aliphatic carbocycles. The average molecular weight is 198 g/mol. The number of rotatable bonds is 4. The third-order valence-corrected chi connectivity index (χ3v) is 3.35. The summed E-state index contributed by atoms with van der Waals surface area (Å²) >= 11 is 0. The van der Waals surface area contributed by atoms with Crippen LogP contribution in [0.15, 0.2) is 0 Å². The van der Waals surface area contributed by atoms with Crippen LogP contribution in [0, 0.1) is 17.3 Å². The maximum atomic E-state index is 11.2. The quantitative estimate of drug-likeness (QED) is 0.711. The molecule has 1 heterocycles. The van der Waals surface area contributed by atoms with Gasteiger partial charge in [0.15, 0.2) is 0 Å². The van der Waals surface area contributed by atoms with Crippen LogP contribution in [0.3, 0.4) is 0 Å². The summed E-state index contributed by atoms with van der Waals surface area (Å²) in [5.41, 5.74) is 5.48. The SMILES string of the molecule is CC(C)CCC1(C)CNCC1C(N)=O. The van der Waals surface area contributed by atoms with Crippen LogP contribution in [0.4, 0.5) is 0 Å². The molecule has 0 aromatic rings. The second-order valence-electron chi connectivity index (χ2n) is 5.17. The largest absolute Gasteiger partial charge is 0.369 e. The van der Waals surface area contributed by atoms with Gasteiger partial charge in [-0.3, -0.25) is 4.79 Å². The van der Waals surface area contributed by atoms with Gasteiger partial charge >= 0.3 is 0 Å². The van der Waals surface area contributed by atoms with Gasteiger partial charge in [-0.15, -0.1) is 0 Å². The van der Waals surface area contributed by atoms with Crippen LogP contribution >= 0.6 is 0 Å². The zero-order chi connectivity index (χ0) is 10.8. The van der Waals surface area contributed by atoms with Crippen LogP contribution in [-0.4, -0.2) is 19.0 Å². The predicted molar refractivity (Wildman–Crippen MR) is 57.7 cm³/mol. The predicted octanol–water partition coefficient (Wildman–Crippen LogP) is 1.13. The number of carbonyl (C=O) groups excluding carboxylic acids is 1. The first-order valence-electron chi connectivity index (χ1n) is 5.46. The number of nitrogens with one attached hydrogen (secondary N) is 1. The Labute approximate surface area is 86.4 Å². The summed E-state index contributed by atoms with van der Waals surface area (Å²) in [5.74, 6) is 0.559. The zero-order valence-corrected chi connectivity index (χ0v) is 9.47. The number of primary amides is 1. The van der Waals surface area contributed by atoms with E-state index in [0.29, 0.717) is 5.92 Å². The molecule has 14 heavy (non-hydrogen) atoms. The molecule has 0 bridgehead atoms. The van der Waals surface area contributed by atoms with E-state index in [1.54, 1.807) is 0 Å². The molecule has 1 fully saturated rings. The van der Waals surface area contributed by atoms with Gasteiger partial charge in [0.1, 0.15) is 0 Å². The van der Waals surface area contributed by atoms with Crippen LogP contribution in [0.25, 0.3) is 0 Å². The smallest absolute Gasteiger partial charge is 0.222 e. The van der Waals surface area contributed by atoms with Crippen molar-refractivity contribution in [3.8, 4) is 0 Å². The van der Waals surface area contributed by atoms with Crippen LogP contribution in [0.1, 0.15) is 33.6 Å². The van der Waals surface area contributed by atoms with Crippen molar-refractivity contribution in [3.63, 3.8) is 0 Å². The van der Waals surface area contributed by atoms with Crippen molar-refractivity contribution >= 4 is 5.91 Å². The molecule has 0 aromatic heterocycles. The lowest BCUT2D eigenvalue weighted by Crippen LogP contribution is -2.36. The summed E-state index contributed by atoms with van der Waals surface area (Å²) in [6.07, 6.45) is 2.26.